The molecule has 0 atom stereocenters. The standard InChI is InChI=1S/C20H20FN3O3S3/c21-16-5-1-15(2-6-16)12-28-20-24-17(13-29-20)11-19(25)23-10-9-14-3-7-18(8-4-14)30(22,26)27/h1-8,13H,9-12H2,(H,23,25)(H2,22,26,27). The van der Waals surface area contributed by atoms with Gasteiger partial charge in [0.1, 0.15) is 10.2 Å². The van der Waals surface area contributed by atoms with Crippen LogP contribution in [0.25, 0.3) is 0 Å². The summed E-state index contributed by atoms with van der Waals surface area (Å²) >= 11 is 3.02. The van der Waals surface area contributed by atoms with Crippen LogP contribution < -0.4 is 10.5 Å². The minimum atomic E-state index is -3.70. The lowest BCUT2D eigenvalue weighted by molar-refractivity contribution is -0.120. The number of amides is 1. The van der Waals surface area contributed by atoms with Gasteiger partial charge in [0.05, 0.1) is 17.0 Å². The molecule has 158 valence electrons. The van der Waals surface area contributed by atoms with E-state index in [0.717, 1.165) is 15.5 Å². The van der Waals surface area contributed by atoms with Gasteiger partial charge in [-0.25, -0.2) is 22.9 Å². The Kier molecular flexibility index (Phi) is 7.59. The first-order valence-corrected chi connectivity index (χ1v) is 12.4. The Morgan fingerprint density at radius 2 is 1.77 bits per heavy atom. The Bertz CT molecular complexity index is 1100. The molecule has 3 N–H and O–H groups in total. The van der Waals surface area contributed by atoms with E-state index in [4.69, 9.17) is 5.14 Å². The quantitative estimate of drug-likeness (QED) is 0.473. The third-order valence-electron chi connectivity index (χ3n) is 4.14. The van der Waals surface area contributed by atoms with Crippen LogP contribution in [0.5, 0.6) is 0 Å². The zero-order chi connectivity index (χ0) is 21.6. The Balaban J connectivity index is 1.41. The van der Waals surface area contributed by atoms with Crippen molar-refractivity contribution in [2.24, 2.45) is 5.14 Å². The number of carbonyl (C=O) groups is 1. The summed E-state index contributed by atoms with van der Waals surface area (Å²) in [5.41, 5.74) is 2.61. The van der Waals surface area contributed by atoms with Gasteiger partial charge in [-0.3, -0.25) is 4.79 Å². The van der Waals surface area contributed by atoms with Crippen LogP contribution in [0.4, 0.5) is 4.39 Å². The Hall–Kier alpha value is -2.27. The van der Waals surface area contributed by atoms with Crippen molar-refractivity contribution in [3.8, 4) is 0 Å². The van der Waals surface area contributed by atoms with Gasteiger partial charge in [0, 0.05) is 17.7 Å². The molecule has 1 aromatic heterocycles. The van der Waals surface area contributed by atoms with Crippen molar-refractivity contribution in [2.75, 3.05) is 6.54 Å². The lowest BCUT2D eigenvalue weighted by atomic mass is 10.1. The Morgan fingerprint density at radius 1 is 1.10 bits per heavy atom. The van der Waals surface area contributed by atoms with Gasteiger partial charge in [0.15, 0.2) is 0 Å². The van der Waals surface area contributed by atoms with Crippen LogP contribution in [-0.4, -0.2) is 25.9 Å². The maximum absolute atomic E-state index is 12.9. The zero-order valence-electron chi connectivity index (χ0n) is 15.9. The van der Waals surface area contributed by atoms with Crippen LogP contribution in [-0.2, 0) is 33.4 Å². The van der Waals surface area contributed by atoms with Crippen LogP contribution in [0.15, 0.2) is 63.1 Å². The summed E-state index contributed by atoms with van der Waals surface area (Å²) in [7, 11) is -3.70. The lowest BCUT2D eigenvalue weighted by Crippen LogP contribution is -2.27. The predicted molar refractivity (Wildman–Crippen MR) is 116 cm³/mol. The highest BCUT2D eigenvalue weighted by Gasteiger charge is 2.09. The fraction of sp³-hybridized carbons (Fsp3) is 0.200. The van der Waals surface area contributed by atoms with Crippen molar-refractivity contribution in [3.63, 3.8) is 0 Å². The lowest BCUT2D eigenvalue weighted by Gasteiger charge is -2.05. The number of nitrogens with zero attached hydrogens (tertiary/aromatic N) is 1. The number of halogens is 1. The molecule has 0 bridgehead atoms. The molecule has 10 heteroatoms. The van der Waals surface area contributed by atoms with Gasteiger partial charge in [0.2, 0.25) is 15.9 Å². The Morgan fingerprint density at radius 3 is 2.43 bits per heavy atom. The molecule has 2 aromatic carbocycles. The second-order valence-corrected chi connectivity index (χ2v) is 10.1. The number of rotatable bonds is 9. The van der Waals surface area contributed by atoms with Gasteiger partial charge < -0.3 is 5.32 Å². The normalized spacial score (nSPS) is 11.4. The first-order chi connectivity index (χ1) is 14.3. The number of hydrogen-bond acceptors (Lipinski definition) is 6. The molecule has 0 fully saturated rings. The Labute approximate surface area is 182 Å². The third-order valence-corrected chi connectivity index (χ3v) is 7.21. The van der Waals surface area contributed by atoms with Crippen molar-refractivity contribution < 1.29 is 17.6 Å². The van der Waals surface area contributed by atoms with Gasteiger partial charge in [-0.2, -0.15) is 0 Å². The van der Waals surface area contributed by atoms with E-state index >= 15 is 0 Å². The van der Waals surface area contributed by atoms with Gasteiger partial charge >= 0.3 is 0 Å². The topological polar surface area (TPSA) is 102 Å². The van der Waals surface area contributed by atoms with Gasteiger partial charge in [-0.15, -0.1) is 11.3 Å². The van der Waals surface area contributed by atoms with Gasteiger partial charge in [-0.05, 0) is 41.8 Å². The minimum Gasteiger partial charge on any atom is -0.355 e. The van der Waals surface area contributed by atoms with Crippen LogP contribution in [0.3, 0.4) is 0 Å². The van der Waals surface area contributed by atoms with E-state index < -0.39 is 10.0 Å². The van der Waals surface area contributed by atoms with Crippen molar-refractivity contribution >= 4 is 39.0 Å². The van der Waals surface area contributed by atoms with E-state index in [0.29, 0.717) is 24.4 Å². The maximum atomic E-state index is 12.9. The average molecular weight is 466 g/mol. The minimum absolute atomic E-state index is 0.0620. The number of benzene rings is 2. The van der Waals surface area contributed by atoms with Crippen molar-refractivity contribution in [3.05, 3.63) is 76.5 Å². The van der Waals surface area contributed by atoms with Crippen molar-refractivity contribution in [1.82, 2.24) is 10.3 Å². The summed E-state index contributed by atoms with van der Waals surface area (Å²) in [6.45, 7) is 0.434. The number of nitrogens with one attached hydrogen (secondary N) is 1. The molecule has 0 radical (unpaired) electrons. The molecule has 0 aliphatic carbocycles. The predicted octanol–water partition coefficient (Wildman–Crippen LogP) is 3.12. The molecule has 3 rings (SSSR count). The van der Waals surface area contributed by atoms with E-state index in [2.05, 4.69) is 10.3 Å². The number of thioether (sulfide) groups is 1. The van der Waals surface area contributed by atoms with E-state index in [1.807, 2.05) is 5.38 Å². The van der Waals surface area contributed by atoms with E-state index in [-0.39, 0.29) is 23.0 Å². The SMILES string of the molecule is NS(=O)(=O)c1ccc(CCNC(=O)Cc2csc(SCc3ccc(F)cc3)n2)cc1. The molecular weight excluding hydrogens is 445 g/mol. The molecule has 1 amide bonds. The molecule has 6 nitrogen and oxygen atoms in total. The molecule has 0 aliphatic rings. The number of primary sulfonamides is 1. The molecule has 3 aromatic rings. The van der Waals surface area contributed by atoms with Crippen LogP contribution in [0, 0.1) is 5.82 Å². The number of carbonyl (C=O) groups excluding carboxylic acids is 1. The molecule has 0 saturated heterocycles. The smallest absolute Gasteiger partial charge is 0.238 e. The summed E-state index contributed by atoms with van der Waals surface area (Å²) in [4.78, 5) is 16.6. The number of thiazole rings is 1. The average Bonchev–Trinajstić information content (AvgIpc) is 3.14. The number of sulfonamides is 1. The maximum Gasteiger partial charge on any atom is 0.238 e. The fourth-order valence-electron chi connectivity index (χ4n) is 2.58. The zero-order valence-corrected chi connectivity index (χ0v) is 18.3. The molecule has 0 unspecified atom stereocenters. The first kappa shape index (κ1) is 22.4. The summed E-state index contributed by atoms with van der Waals surface area (Å²) in [6.07, 6.45) is 0.768. The third kappa shape index (κ3) is 6.91. The molecular formula is C20H20FN3O3S3. The molecule has 0 aliphatic heterocycles. The monoisotopic (exact) mass is 465 g/mol. The number of nitrogens with two attached hydrogens (primary N) is 1. The van der Waals surface area contributed by atoms with Crippen molar-refractivity contribution in [1.29, 1.82) is 0 Å². The molecule has 30 heavy (non-hydrogen) atoms. The summed E-state index contributed by atoms with van der Waals surface area (Å²) < 4.78 is 36.3. The summed E-state index contributed by atoms with van der Waals surface area (Å²) in [5.74, 6) is 0.298. The fourth-order valence-corrected chi connectivity index (χ4v) is 4.90. The number of aromatic nitrogens is 1. The number of hydrogen-bond donors (Lipinski definition) is 2. The summed E-state index contributed by atoms with van der Waals surface area (Å²) in [6, 6.07) is 12.6. The highest BCUT2D eigenvalue weighted by Crippen LogP contribution is 2.26. The van der Waals surface area contributed by atoms with Crippen LogP contribution in [0.1, 0.15) is 16.8 Å². The van der Waals surface area contributed by atoms with Crippen LogP contribution >= 0.6 is 23.1 Å². The van der Waals surface area contributed by atoms with E-state index in [1.165, 1.54) is 35.6 Å². The molecule has 0 spiro atoms. The molecule has 1 heterocycles. The van der Waals surface area contributed by atoms with Crippen LogP contribution in [0.2, 0.25) is 0 Å². The van der Waals surface area contributed by atoms with Crippen molar-refractivity contribution in [2.45, 2.75) is 27.8 Å². The molecule has 0 saturated carbocycles. The summed E-state index contributed by atoms with van der Waals surface area (Å²) in [5, 5.41) is 9.77. The largest absolute Gasteiger partial charge is 0.355 e. The van der Waals surface area contributed by atoms with E-state index in [1.54, 1.807) is 36.0 Å². The van der Waals surface area contributed by atoms with E-state index in [9.17, 15) is 17.6 Å². The second kappa shape index (κ2) is 10.2. The highest BCUT2D eigenvalue weighted by molar-refractivity contribution is 8.00. The van der Waals surface area contributed by atoms with Gasteiger partial charge in [0.25, 0.3) is 0 Å². The first-order valence-electron chi connectivity index (χ1n) is 9.00. The van der Waals surface area contributed by atoms with Gasteiger partial charge in [-0.1, -0.05) is 36.0 Å². The second-order valence-electron chi connectivity index (χ2n) is 6.49. The highest BCUT2D eigenvalue weighted by atomic mass is 32.2.